The largest absolute Gasteiger partial charge is 0.492 e. The van der Waals surface area contributed by atoms with Crippen molar-refractivity contribution in [1.29, 1.82) is 0 Å². The van der Waals surface area contributed by atoms with Crippen molar-refractivity contribution in [1.82, 2.24) is 10.3 Å². The van der Waals surface area contributed by atoms with Crippen molar-refractivity contribution >= 4 is 41.0 Å². The van der Waals surface area contributed by atoms with E-state index in [2.05, 4.69) is 41.7 Å². The number of rotatable bonds is 9. The fourth-order valence-electron chi connectivity index (χ4n) is 3.86. The second-order valence-electron chi connectivity index (χ2n) is 13.1. The van der Waals surface area contributed by atoms with Gasteiger partial charge >= 0.3 is 6.09 Å². The first-order valence-corrected chi connectivity index (χ1v) is 14.4. The third-order valence-electron chi connectivity index (χ3n) is 6.21. The van der Waals surface area contributed by atoms with Gasteiger partial charge in [0.1, 0.15) is 17.2 Å². The molecule has 0 spiro atoms. The van der Waals surface area contributed by atoms with E-state index < -0.39 is 28.9 Å². The molecule has 3 amide bonds. The van der Waals surface area contributed by atoms with Crippen LogP contribution < -0.4 is 20.7 Å². The summed E-state index contributed by atoms with van der Waals surface area (Å²) in [7, 11) is 0. The van der Waals surface area contributed by atoms with Crippen LogP contribution in [0.15, 0.2) is 60.8 Å². The average Bonchev–Trinajstić information content (AvgIpc) is 2.91. The first-order chi connectivity index (χ1) is 19.9. The molecule has 0 unspecified atom stereocenters. The Kier molecular flexibility index (Phi) is 10.5. The zero-order valence-electron chi connectivity index (χ0n) is 26.1. The molecule has 3 rings (SSSR count). The highest BCUT2D eigenvalue weighted by Gasteiger charge is 2.26. The zero-order valence-corrected chi connectivity index (χ0v) is 26.8. The van der Waals surface area contributed by atoms with Crippen molar-refractivity contribution in [2.75, 3.05) is 23.8 Å². The number of nitrogens with zero attached hydrogens (tertiary/aromatic N) is 1. The molecule has 1 aromatic heterocycles. The monoisotopic (exact) mass is 608 g/mol. The van der Waals surface area contributed by atoms with Crippen LogP contribution in [0.5, 0.6) is 5.75 Å². The van der Waals surface area contributed by atoms with Crippen LogP contribution in [0.2, 0.25) is 5.02 Å². The van der Waals surface area contributed by atoms with Gasteiger partial charge in [0.25, 0.3) is 11.8 Å². The number of para-hydroxylation sites is 1. The summed E-state index contributed by atoms with van der Waals surface area (Å²) < 4.78 is 11.6. The van der Waals surface area contributed by atoms with E-state index in [-0.39, 0.29) is 17.6 Å². The Hall–Kier alpha value is -4.11. The van der Waals surface area contributed by atoms with Crippen molar-refractivity contribution < 1.29 is 23.9 Å². The predicted octanol–water partition coefficient (Wildman–Crippen LogP) is 7.47. The lowest BCUT2D eigenvalue weighted by atomic mass is 9.86. The number of hydrogen-bond donors (Lipinski definition) is 3. The molecule has 0 saturated carbocycles. The molecule has 0 fully saturated rings. The van der Waals surface area contributed by atoms with Crippen LogP contribution in [0.1, 0.15) is 81.7 Å². The number of carbonyl (C=O) groups excluding carboxylic acids is 3. The molecule has 43 heavy (non-hydrogen) atoms. The molecule has 3 N–H and O–H groups in total. The van der Waals surface area contributed by atoms with E-state index in [0.29, 0.717) is 34.4 Å². The second-order valence-corrected chi connectivity index (χ2v) is 13.5. The normalized spacial score (nSPS) is 11.8. The van der Waals surface area contributed by atoms with Gasteiger partial charge in [0.2, 0.25) is 0 Å². The standard InChI is InChI=1S/C33H41ClN4O5/c1-31(2,3)21-13-15-24(26(17-21)42-20-33(7,8)19-36-30(41)43-32(4,5)6)29(40)37-25-12-10-9-11-23(25)28(39)38-27-16-14-22(34)18-35-27/h9-18H,19-20H2,1-8H3,(H,36,41)(H,37,40)(H,35,38,39). The number of amides is 3. The van der Waals surface area contributed by atoms with Gasteiger partial charge in [-0.05, 0) is 68.1 Å². The maximum atomic E-state index is 13.6. The molecule has 0 aliphatic carbocycles. The van der Waals surface area contributed by atoms with Crippen molar-refractivity contribution in [2.24, 2.45) is 5.41 Å². The third-order valence-corrected chi connectivity index (χ3v) is 6.43. The Labute approximate surface area is 258 Å². The quantitative estimate of drug-likeness (QED) is 0.232. The van der Waals surface area contributed by atoms with Crippen LogP contribution in [0.3, 0.4) is 0 Å². The Balaban J connectivity index is 1.81. The first-order valence-electron chi connectivity index (χ1n) is 14.0. The molecule has 0 aliphatic heterocycles. The number of halogens is 1. The Morgan fingerprint density at radius 3 is 2.14 bits per heavy atom. The van der Waals surface area contributed by atoms with E-state index in [1.54, 1.807) is 63.2 Å². The first kappa shape index (κ1) is 33.4. The van der Waals surface area contributed by atoms with Gasteiger partial charge in [-0.2, -0.15) is 0 Å². The fraction of sp³-hybridized carbons (Fsp3) is 0.394. The minimum absolute atomic E-state index is 0.193. The number of aromatic nitrogens is 1. The minimum Gasteiger partial charge on any atom is -0.492 e. The van der Waals surface area contributed by atoms with Gasteiger partial charge in [0, 0.05) is 18.2 Å². The Morgan fingerprint density at radius 1 is 0.837 bits per heavy atom. The number of pyridine rings is 1. The molecular weight excluding hydrogens is 568 g/mol. The summed E-state index contributed by atoms with van der Waals surface area (Å²) in [5, 5.41) is 8.82. The topological polar surface area (TPSA) is 119 Å². The second kappa shape index (κ2) is 13.5. The van der Waals surface area contributed by atoms with Gasteiger partial charge in [0.05, 0.1) is 28.4 Å². The van der Waals surface area contributed by atoms with E-state index >= 15 is 0 Å². The molecule has 0 aliphatic rings. The number of anilines is 2. The summed E-state index contributed by atoms with van der Waals surface area (Å²) in [6, 6.07) is 15.4. The third kappa shape index (κ3) is 10.3. The summed E-state index contributed by atoms with van der Waals surface area (Å²) in [5.41, 5.74) is 0.594. The summed E-state index contributed by atoms with van der Waals surface area (Å²) in [6.45, 7) is 16.0. The maximum absolute atomic E-state index is 13.6. The SMILES string of the molecule is CC(C)(CNC(=O)OC(C)(C)C)COc1cc(C(C)(C)C)ccc1C(=O)Nc1ccccc1C(=O)Nc1ccc(Cl)cn1. The number of hydrogen-bond acceptors (Lipinski definition) is 6. The fourth-order valence-corrected chi connectivity index (χ4v) is 3.97. The summed E-state index contributed by atoms with van der Waals surface area (Å²) in [6.07, 6.45) is 0.924. The molecule has 10 heteroatoms. The van der Waals surface area contributed by atoms with E-state index in [1.807, 2.05) is 26.0 Å². The van der Waals surface area contributed by atoms with Gasteiger partial charge in [-0.25, -0.2) is 9.78 Å². The van der Waals surface area contributed by atoms with Crippen LogP contribution in [0.25, 0.3) is 0 Å². The predicted molar refractivity (Wildman–Crippen MR) is 170 cm³/mol. The summed E-state index contributed by atoms with van der Waals surface area (Å²) in [4.78, 5) is 43.0. The molecule has 0 radical (unpaired) electrons. The smallest absolute Gasteiger partial charge is 0.407 e. The van der Waals surface area contributed by atoms with Gasteiger partial charge in [-0.1, -0.05) is 64.4 Å². The van der Waals surface area contributed by atoms with Crippen molar-refractivity contribution in [3.05, 3.63) is 82.5 Å². The molecular formula is C33H41ClN4O5. The molecule has 1 heterocycles. The Bertz CT molecular complexity index is 1460. The van der Waals surface area contributed by atoms with Gasteiger partial charge < -0.3 is 25.4 Å². The number of benzene rings is 2. The number of carbonyl (C=O) groups is 3. The molecule has 2 aromatic carbocycles. The van der Waals surface area contributed by atoms with Crippen molar-refractivity contribution in [3.63, 3.8) is 0 Å². The molecule has 3 aromatic rings. The van der Waals surface area contributed by atoms with E-state index in [0.717, 1.165) is 5.56 Å². The minimum atomic E-state index is -0.605. The number of nitrogens with one attached hydrogen (secondary N) is 3. The zero-order chi connectivity index (χ0) is 32.0. The molecule has 0 saturated heterocycles. The van der Waals surface area contributed by atoms with Gasteiger partial charge in [0.15, 0.2) is 0 Å². The highest BCUT2D eigenvalue weighted by Crippen LogP contribution is 2.31. The van der Waals surface area contributed by atoms with Gasteiger partial charge in [-0.15, -0.1) is 0 Å². The number of alkyl carbamates (subject to hydrolysis) is 1. The highest BCUT2D eigenvalue weighted by molar-refractivity contribution is 6.30. The van der Waals surface area contributed by atoms with E-state index in [9.17, 15) is 14.4 Å². The van der Waals surface area contributed by atoms with Crippen LogP contribution in [0.4, 0.5) is 16.3 Å². The lowest BCUT2D eigenvalue weighted by Crippen LogP contribution is -2.40. The highest BCUT2D eigenvalue weighted by atomic mass is 35.5. The van der Waals surface area contributed by atoms with E-state index in [1.165, 1.54) is 6.20 Å². The van der Waals surface area contributed by atoms with Crippen LogP contribution in [0, 0.1) is 5.41 Å². The molecule has 9 nitrogen and oxygen atoms in total. The summed E-state index contributed by atoms with van der Waals surface area (Å²) >= 11 is 5.89. The lowest BCUT2D eigenvalue weighted by molar-refractivity contribution is 0.0492. The van der Waals surface area contributed by atoms with Gasteiger partial charge in [-0.3, -0.25) is 9.59 Å². The summed E-state index contributed by atoms with van der Waals surface area (Å²) in [5.74, 6) is -0.162. The van der Waals surface area contributed by atoms with Crippen LogP contribution in [-0.4, -0.2) is 41.6 Å². The van der Waals surface area contributed by atoms with Crippen molar-refractivity contribution in [2.45, 2.75) is 66.4 Å². The lowest BCUT2D eigenvalue weighted by Gasteiger charge is -2.28. The molecule has 0 atom stereocenters. The Morgan fingerprint density at radius 2 is 1.51 bits per heavy atom. The molecule has 230 valence electrons. The average molecular weight is 609 g/mol. The van der Waals surface area contributed by atoms with Crippen LogP contribution in [-0.2, 0) is 10.2 Å². The van der Waals surface area contributed by atoms with E-state index in [4.69, 9.17) is 21.1 Å². The maximum Gasteiger partial charge on any atom is 0.407 e. The van der Waals surface area contributed by atoms with Crippen LogP contribution >= 0.6 is 11.6 Å². The molecule has 0 bridgehead atoms. The van der Waals surface area contributed by atoms with Crippen molar-refractivity contribution in [3.8, 4) is 5.75 Å². The number of ether oxygens (including phenoxy) is 2.